The third kappa shape index (κ3) is 6.88. The van der Waals surface area contributed by atoms with Crippen LogP contribution in [-0.4, -0.2) is 53.3 Å². The predicted molar refractivity (Wildman–Crippen MR) is 142 cm³/mol. The van der Waals surface area contributed by atoms with E-state index in [2.05, 4.69) is 34.5 Å². The minimum atomic E-state index is -0.567. The van der Waals surface area contributed by atoms with Crippen LogP contribution in [0, 0.1) is 5.41 Å². The van der Waals surface area contributed by atoms with Crippen molar-refractivity contribution >= 4 is 40.6 Å². The Labute approximate surface area is 216 Å². The maximum Gasteiger partial charge on any atom is 0.269 e. The smallest absolute Gasteiger partial charge is 0.269 e. The van der Waals surface area contributed by atoms with Gasteiger partial charge in [-0.2, -0.15) is 0 Å². The van der Waals surface area contributed by atoms with Crippen LogP contribution in [0.1, 0.15) is 24.8 Å². The Morgan fingerprint density at radius 2 is 1.91 bits per heavy atom. The first-order valence-corrected chi connectivity index (χ1v) is 12.6. The number of rotatable bonds is 8. The summed E-state index contributed by atoms with van der Waals surface area (Å²) >= 11 is 12.1. The fraction of sp³-hybridized carbons (Fsp3) is 0.333. The van der Waals surface area contributed by atoms with Crippen LogP contribution in [-0.2, 0) is 16.0 Å². The molecule has 1 unspecified atom stereocenters. The van der Waals surface area contributed by atoms with Crippen LogP contribution in [0.4, 0.5) is 5.69 Å². The molecule has 1 amide bonds. The molecule has 0 bridgehead atoms. The molecule has 0 saturated carbocycles. The molecular formula is C27H30Cl2N4O2. The number of hydrogen-bond donors (Lipinski definition) is 2. The number of benzene rings is 2. The molecule has 2 aliphatic heterocycles. The van der Waals surface area contributed by atoms with Crippen molar-refractivity contribution in [2.75, 3.05) is 25.0 Å². The van der Waals surface area contributed by atoms with Crippen LogP contribution in [0.2, 0.25) is 10.0 Å². The van der Waals surface area contributed by atoms with Gasteiger partial charge in [0, 0.05) is 44.0 Å². The fourth-order valence-corrected chi connectivity index (χ4v) is 4.71. The number of carbonyl (C=O) groups excluding carboxylic acids is 1. The van der Waals surface area contributed by atoms with Gasteiger partial charge < -0.3 is 15.0 Å². The molecule has 0 aliphatic carbocycles. The van der Waals surface area contributed by atoms with Gasteiger partial charge in [-0.3, -0.25) is 15.1 Å². The summed E-state index contributed by atoms with van der Waals surface area (Å²) in [7, 11) is 0. The van der Waals surface area contributed by atoms with Crippen molar-refractivity contribution in [3.05, 3.63) is 88.8 Å². The van der Waals surface area contributed by atoms with Crippen LogP contribution in [0.5, 0.6) is 0 Å². The second-order valence-corrected chi connectivity index (χ2v) is 9.56. The highest BCUT2D eigenvalue weighted by atomic mass is 35.5. The third-order valence-corrected chi connectivity index (χ3v) is 7.09. The Hall–Kier alpha value is -2.80. The lowest BCUT2D eigenvalue weighted by molar-refractivity contribution is -0.137. The van der Waals surface area contributed by atoms with Crippen molar-refractivity contribution < 1.29 is 9.53 Å². The Kier molecular flexibility index (Phi) is 8.85. The standard InChI is InChI=1S/C27H30Cl2N4O2/c28-23-9-8-21(19-24(23)29)31-14-10-26(30)33(27(34)25-7-4-18-35-25)22-12-16-32(17-13-22)15-11-20-5-2-1-3-6-20/h1-6,8-10,14,18-19,22,25,30-31H,7,11-13,15-17H2/b14-10-,30-26?. The quantitative estimate of drug-likeness (QED) is 0.349. The molecule has 0 aromatic heterocycles. The molecule has 0 spiro atoms. The number of amidine groups is 1. The number of nitrogens with zero attached hydrogens (tertiary/aromatic N) is 2. The molecule has 1 saturated heterocycles. The van der Waals surface area contributed by atoms with Crippen molar-refractivity contribution in [2.45, 2.75) is 37.8 Å². The summed E-state index contributed by atoms with van der Waals surface area (Å²) in [6, 6.07) is 15.7. The zero-order valence-electron chi connectivity index (χ0n) is 19.5. The van der Waals surface area contributed by atoms with Crippen LogP contribution < -0.4 is 5.32 Å². The number of ether oxygens (including phenoxy) is 1. The number of likely N-dealkylation sites (tertiary alicyclic amines) is 1. The van der Waals surface area contributed by atoms with E-state index in [9.17, 15) is 4.79 Å². The number of hydrogen-bond acceptors (Lipinski definition) is 5. The van der Waals surface area contributed by atoms with Gasteiger partial charge >= 0.3 is 0 Å². The topological polar surface area (TPSA) is 68.7 Å². The summed E-state index contributed by atoms with van der Waals surface area (Å²) in [4.78, 5) is 17.4. The van der Waals surface area contributed by atoms with Gasteiger partial charge in [-0.15, -0.1) is 0 Å². The first-order valence-electron chi connectivity index (χ1n) is 11.9. The third-order valence-electron chi connectivity index (χ3n) is 6.35. The predicted octanol–water partition coefficient (Wildman–Crippen LogP) is 5.73. The van der Waals surface area contributed by atoms with E-state index in [0.717, 1.165) is 44.6 Å². The molecule has 2 N–H and O–H groups in total. The summed E-state index contributed by atoms with van der Waals surface area (Å²) in [5, 5.41) is 12.7. The van der Waals surface area contributed by atoms with Crippen LogP contribution in [0.25, 0.3) is 0 Å². The lowest BCUT2D eigenvalue weighted by atomic mass is 10.0. The van der Waals surface area contributed by atoms with Gasteiger partial charge in [0.25, 0.3) is 5.91 Å². The second-order valence-electron chi connectivity index (χ2n) is 8.74. The van der Waals surface area contributed by atoms with Crippen molar-refractivity contribution in [1.82, 2.24) is 9.80 Å². The lowest BCUT2D eigenvalue weighted by Gasteiger charge is -2.38. The Morgan fingerprint density at radius 1 is 1.14 bits per heavy atom. The first-order chi connectivity index (χ1) is 17.0. The molecule has 184 valence electrons. The Morgan fingerprint density at radius 3 is 2.60 bits per heavy atom. The van der Waals surface area contributed by atoms with E-state index in [1.54, 1.807) is 41.6 Å². The maximum absolute atomic E-state index is 13.3. The summed E-state index contributed by atoms with van der Waals surface area (Å²) in [6.07, 6.45) is 9.27. The van der Waals surface area contributed by atoms with E-state index in [4.69, 9.17) is 33.3 Å². The number of amides is 1. The van der Waals surface area contributed by atoms with Crippen LogP contribution in [0.3, 0.4) is 0 Å². The first kappa shape index (κ1) is 25.3. The average Bonchev–Trinajstić information content (AvgIpc) is 3.42. The molecule has 1 atom stereocenters. The van der Waals surface area contributed by atoms with E-state index in [-0.39, 0.29) is 17.8 Å². The largest absolute Gasteiger partial charge is 0.488 e. The van der Waals surface area contributed by atoms with E-state index in [1.165, 1.54) is 5.56 Å². The fourth-order valence-electron chi connectivity index (χ4n) is 4.41. The van der Waals surface area contributed by atoms with Gasteiger partial charge in [0.2, 0.25) is 0 Å². The van der Waals surface area contributed by atoms with Crippen molar-refractivity contribution in [1.29, 1.82) is 5.41 Å². The second kappa shape index (κ2) is 12.2. The highest BCUT2D eigenvalue weighted by Gasteiger charge is 2.35. The van der Waals surface area contributed by atoms with E-state index in [0.29, 0.717) is 16.5 Å². The van der Waals surface area contributed by atoms with Gasteiger partial charge in [0.1, 0.15) is 5.84 Å². The summed E-state index contributed by atoms with van der Waals surface area (Å²) < 4.78 is 5.50. The number of nitrogens with one attached hydrogen (secondary N) is 2. The molecular weight excluding hydrogens is 483 g/mol. The molecule has 1 fully saturated rings. The van der Waals surface area contributed by atoms with E-state index < -0.39 is 6.10 Å². The molecule has 8 heteroatoms. The molecule has 4 rings (SSSR count). The molecule has 35 heavy (non-hydrogen) atoms. The molecule has 6 nitrogen and oxygen atoms in total. The van der Waals surface area contributed by atoms with Crippen LogP contribution in [0.15, 0.2) is 73.1 Å². The van der Waals surface area contributed by atoms with Gasteiger partial charge in [-0.25, -0.2) is 0 Å². The lowest BCUT2D eigenvalue weighted by Crippen LogP contribution is -2.52. The average molecular weight is 513 g/mol. The highest BCUT2D eigenvalue weighted by Crippen LogP contribution is 2.25. The van der Waals surface area contributed by atoms with Gasteiger partial charge in [-0.1, -0.05) is 53.5 Å². The number of anilines is 1. The zero-order chi connectivity index (χ0) is 24.6. The van der Waals surface area contributed by atoms with Crippen molar-refractivity contribution in [3.63, 3.8) is 0 Å². The Bertz CT molecular complexity index is 1070. The number of carbonyl (C=O) groups is 1. The monoisotopic (exact) mass is 512 g/mol. The van der Waals surface area contributed by atoms with E-state index >= 15 is 0 Å². The van der Waals surface area contributed by atoms with Gasteiger partial charge in [0.05, 0.1) is 16.3 Å². The molecule has 2 aromatic rings. The maximum atomic E-state index is 13.3. The molecule has 2 aliphatic rings. The van der Waals surface area contributed by atoms with Crippen LogP contribution >= 0.6 is 23.2 Å². The minimum absolute atomic E-state index is 0.0400. The highest BCUT2D eigenvalue weighted by molar-refractivity contribution is 6.42. The summed E-state index contributed by atoms with van der Waals surface area (Å²) in [6.45, 7) is 2.78. The van der Waals surface area contributed by atoms with E-state index in [1.807, 2.05) is 12.1 Å². The molecule has 2 aromatic carbocycles. The normalized spacial score (nSPS) is 18.5. The number of piperidine rings is 1. The number of halogens is 2. The van der Waals surface area contributed by atoms with Crippen molar-refractivity contribution in [2.24, 2.45) is 0 Å². The molecule has 0 radical (unpaired) electrons. The minimum Gasteiger partial charge on any atom is -0.488 e. The summed E-state index contributed by atoms with van der Waals surface area (Å²) in [5.41, 5.74) is 2.08. The Balaban J connectivity index is 1.37. The van der Waals surface area contributed by atoms with Gasteiger partial charge in [-0.05, 0) is 55.2 Å². The SMILES string of the molecule is N=C(/C=C\Nc1ccc(Cl)c(Cl)c1)N(C(=O)C1CC=CO1)C1CCN(CCc2ccccc2)CC1. The summed E-state index contributed by atoms with van der Waals surface area (Å²) in [5.74, 6) is -0.0253. The zero-order valence-corrected chi connectivity index (χ0v) is 21.0. The molecule has 2 heterocycles. The van der Waals surface area contributed by atoms with Crippen molar-refractivity contribution in [3.8, 4) is 0 Å². The van der Waals surface area contributed by atoms with Gasteiger partial charge in [0.15, 0.2) is 6.10 Å².